The number of hydrogen-bond donors (Lipinski definition) is 1. The monoisotopic (exact) mass is 279 g/mol. The summed E-state index contributed by atoms with van der Waals surface area (Å²) in [6.07, 6.45) is 0. The Balaban J connectivity index is 0.00000196. The Morgan fingerprint density at radius 2 is 2.13 bits per heavy atom. The van der Waals surface area contributed by atoms with Gasteiger partial charge >= 0.3 is 0 Å². The maximum atomic E-state index is 11.7. The topological polar surface area (TPSA) is 46.3 Å². The van der Waals surface area contributed by atoms with Crippen LogP contribution in [0.2, 0.25) is 0 Å². The fourth-order valence-electron chi connectivity index (χ4n) is 1.11. The van der Waals surface area contributed by atoms with Crippen molar-refractivity contribution in [1.29, 1.82) is 0 Å². The SMILES string of the molecule is [CH2-]c1ccc(N)cc1C(=O)N([CH2-])CC.[Y]. The van der Waals surface area contributed by atoms with Crippen LogP contribution in [0.25, 0.3) is 0 Å². The average Bonchev–Trinajstić information content (AvgIpc) is 2.19. The summed E-state index contributed by atoms with van der Waals surface area (Å²) in [6, 6.07) is 5.07. The van der Waals surface area contributed by atoms with Crippen LogP contribution in [-0.4, -0.2) is 17.4 Å². The van der Waals surface area contributed by atoms with Crippen molar-refractivity contribution in [3.63, 3.8) is 0 Å². The zero-order valence-electron chi connectivity index (χ0n) is 8.86. The number of nitrogens with zero attached hydrogens (tertiary/aromatic N) is 1. The number of hydrogen-bond acceptors (Lipinski definition) is 2. The van der Waals surface area contributed by atoms with Crippen LogP contribution in [0.1, 0.15) is 22.8 Å². The quantitative estimate of drug-likeness (QED) is 0.661. The molecule has 4 heteroatoms. The molecule has 1 rings (SSSR count). The van der Waals surface area contributed by atoms with Gasteiger partial charge in [-0.15, -0.1) is 0 Å². The molecule has 0 unspecified atom stereocenters. The van der Waals surface area contributed by atoms with Gasteiger partial charge < -0.3 is 10.6 Å². The van der Waals surface area contributed by atoms with Crippen LogP contribution >= 0.6 is 0 Å². The van der Waals surface area contributed by atoms with Gasteiger partial charge in [0.1, 0.15) is 0 Å². The zero-order valence-corrected chi connectivity index (χ0v) is 11.7. The van der Waals surface area contributed by atoms with E-state index >= 15 is 0 Å². The number of benzene rings is 1. The molecule has 0 saturated heterocycles. The van der Waals surface area contributed by atoms with Crippen LogP contribution < -0.4 is 5.73 Å². The van der Waals surface area contributed by atoms with E-state index in [0.717, 1.165) is 0 Å². The van der Waals surface area contributed by atoms with E-state index in [0.29, 0.717) is 23.4 Å². The molecule has 1 aromatic rings. The fourth-order valence-corrected chi connectivity index (χ4v) is 1.11. The van der Waals surface area contributed by atoms with E-state index in [2.05, 4.69) is 14.0 Å². The second kappa shape index (κ2) is 6.14. The molecule has 3 nitrogen and oxygen atoms in total. The van der Waals surface area contributed by atoms with Gasteiger partial charge in [-0.05, 0) is 13.5 Å². The van der Waals surface area contributed by atoms with E-state index in [1.165, 1.54) is 4.90 Å². The third-order valence-corrected chi connectivity index (χ3v) is 2.03. The van der Waals surface area contributed by atoms with Crippen molar-refractivity contribution in [2.75, 3.05) is 12.3 Å². The van der Waals surface area contributed by atoms with Crippen LogP contribution in [0, 0.1) is 14.0 Å². The van der Waals surface area contributed by atoms with Crippen molar-refractivity contribution in [3.8, 4) is 0 Å². The first-order chi connectivity index (χ1) is 6.56. The summed E-state index contributed by atoms with van der Waals surface area (Å²) >= 11 is 0. The summed E-state index contributed by atoms with van der Waals surface area (Å²) in [5, 5.41) is 0. The number of nitrogen functional groups attached to an aromatic ring is 1. The number of anilines is 1. The van der Waals surface area contributed by atoms with Gasteiger partial charge in [-0.3, -0.25) is 11.8 Å². The van der Waals surface area contributed by atoms with Gasteiger partial charge in [0.2, 0.25) is 0 Å². The van der Waals surface area contributed by atoms with Gasteiger partial charge in [-0.1, -0.05) is 17.7 Å². The second-order valence-electron chi connectivity index (χ2n) is 3.08. The molecule has 0 spiro atoms. The molecule has 1 radical (unpaired) electrons. The molecule has 0 saturated carbocycles. The third-order valence-electron chi connectivity index (χ3n) is 2.03. The molecule has 1 amide bonds. The summed E-state index contributed by atoms with van der Waals surface area (Å²) in [7, 11) is 3.62. The molecule has 0 heterocycles. The van der Waals surface area contributed by atoms with Crippen molar-refractivity contribution < 1.29 is 37.5 Å². The van der Waals surface area contributed by atoms with E-state index in [1.807, 2.05) is 6.92 Å². The van der Waals surface area contributed by atoms with Crippen LogP contribution in [0.15, 0.2) is 18.2 Å². The second-order valence-corrected chi connectivity index (χ2v) is 3.08. The standard InChI is InChI=1S/C11H14N2O.Y/c1-4-13(3)11(14)10-7-9(12)6-5-8(10)2;/h5-7H,2-4,12H2,1H3;/q-2;. The van der Waals surface area contributed by atoms with Gasteiger partial charge in [-0.25, -0.2) is 0 Å². The van der Waals surface area contributed by atoms with E-state index in [-0.39, 0.29) is 38.6 Å². The molecule has 0 aliphatic rings. The van der Waals surface area contributed by atoms with E-state index < -0.39 is 0 Å². The molecule has 2 N–H and O–H groups in total. The van der Waals surface area contributed by atoms with Crippen LogP contribution in [0.5, 0.6) is 0 Å². The summed E-state index contributed by atoms with van der Waals surface area (Å²) in [6.45, 7) is 6.19. The smallest absolute Gasteiger partial charge is 0.169 e. The number of carbonyl (C=O) groups excluding carboxylic acids is 1. The van der Waals surface area contributed by atoms with Gasteiger partial charge in [0.25, 0.3) is 0 Å². The first-order valence-electron chi connectivity index (χ1n) is 4.40. The molecule has 0 atom stereocenters. The van der Waals surface area contributed by atoms with Crippen molar-refractivity contribution in [2.45, 2.75) is 6.92 Å². The van der Waals surface area contributed by atoms with Crippen molar-refractivity contribution in [3.05, 3.63) is 43.3 Å². The normalized spacial score (nSPS) is 9.20. The van der Waals surface area contributed by atoms with E-state index in [9.17, 15) is 4.79 Å². The Morgan fingerprint density at radius 3 is 2.67 bits per heavy atom. The summed E-state index contributed by atoms with van der Waals surface area (Å²) in [5.41, 5.74) is 7.34. The molecule has 1 aromatic carbocycles. The van der Waals surface area contributed by atoms with Crippen LogP contribution in [0.3, 0.4) is 0 Å². The Bertz CT molecular complexity index is 352. The predicted molar refractivity (Wildman–Crippen MR) is 57.4 cm³/mol. The molecule has 0 aromatic heterocycles. The molecule has 0 aliphatic carbocycles. The number of nitrogens with two attached hydrogens (primary N) is 1. The average molecular weight is 279 g/mol. The van der Waals surface area contributed by atoms with E-state index in [4.69, 9.17) is 5.73 Å². The summed E-state index contributed by atoms with van der Waals surface area (Å²) in [5.74, 6) is -0.148. The third kappa shape index (κ3) is 3.51. The Kier molecular flexibility index (Phi) is 5.92. The van der Waals surface area contributed by atoms with Gasteiger partial charge in [0, 0.05) is 38.4 Å². The first-order valence-corrected chi connectivity index (χ1v) is 4.40. The number of carbonyl (C=O) groups is 1. The van der Waals surface area contributed by atoms with Gasteiger partial charge in [0.05, 0.1) is 0 Å². The summed E-state index contributed by atoms with van der Waals surface area (Å²) in [4.78, 5) is 13.1. The largest absolute Gasteiger partial charge is 0.502 e. The van der Waals surface area contributed by atoms with Crippen molar-refractivity contribution in [2.24, 2.45) is 0 Å². The Hall–Kier alpha value is -0.536. The van der Waals surface area contributed by atoms with Crippen LogP contribution in [0.4, 0.5) is 5.69 Å². The van der Waals surface area contributed by atoms with Gasteiger partial charge in [-0.2, -0.15) is 18.6 Å². The first kappa shape index (κ1) is 14.5. The van der Waals surface area contributed by atoms with Gasteiger partial charge in [0.15, 0.2) is 5.91 Å². The minimum atomic E-state index is -0.148. The Morgan fingerprint density at radius 1 is 1.53 bits per heavy atom. The molecule has 15 heavy (non-hydrogen) atoms. The maximum Gasteiger partial charge on any atom is 0.169 e. The molecule has 0 aliphatic heterocycles. The predicted octanol–water partition coefficient (Wildman–Crippen LogP) is 1.70. The van der Waals surface area contributed by atoms with Crippen molar-refractivity contribution in [1.82, 2.24) is 4.90 Å². The molecule has 0 fully saturated rings. The van der Waals surface area contributed by atoms with Crippen LogP contribution in [-0.2, 0) is 32.7 Å². The molecule has 0 bridgehead atoms. The summed E-state index contributed by atoms with van der Waals surface area (Å²) < 4.78 is 0. The number of rotatable bonds is 2. The zero-order chi connectivity index (χ0) is 10.7. The number of amides is 1. The van der Waals surface area contributed by atoms with E-state index in [1.54, 1.807) is 18.2 Å². The Labute approximate surface area is 116 Å². The maximum absolute atomic E-state index is 11.7. The minimum Gasteiger partial charge on any atom is -0.502 e. The van der Waals surface area contributed by atoms with Crippen molar-refractivity contribution >= 4 is 11.6 Å². The minimum absolute atomic E-state index is 0. The molecule has 79 valence electrons. The molecular formula is C11H14N2OY-2. The fraction of sp³-hybridized carbons (Fsp3) is 0.182. The molecular weight excluding hydrogens is 265 g/mol.